The number of benzene rings is 2. The first-order chi connectivity index (χ1) is 16.0. The first kappa shape index (κ1) is 23.4. The molecule has 0 spiro atoms. The molecule has 10 heteroatoms. The number of nitrogens with one attached hydrogen (secondary N) is 1. The number of hydrogen-bond donors (Lipinski definition) is 2. The zero-order chi connectivity index (χ0) is 23.3. The van der Waals surface area contributed by atoms with Gasteiger partial charge in [0, 0.05) is 18.2 Å². The lowest BCUT2D eigenvalue weighted by Gasteiger charge is -2.36. The fraction of sp³-hybridized carbons (Fsp3) is 0.391. The molecule has 1 saturated heterocycles. The summed E-state index contributed by atoms with van der Waals surface area (Å²) in [5.41, 5.74) is 1.81. The molecule has 0 unspecified atom stereocenters. The Labute approximate surface area is 193 Å². The van der Waals surface area contributed by atoms with Gasteiger partial charge >= 0.3 is 0 Å². The van der Waals surface area contributed by atoms with Gasteiger partial charge in [-0.1, -0.05) is 41.6 Å². The maximum atomic E-state index is 12.8. The van der Waals surface area contributed by atoms with Crippen LogP contribution in [-0.4, -0.2) is 60.5 Å². The number of ether oxygens (including phenoxy) is 2. The summed E-state index contributed by atoms with van der Waals surface area (Å²) in [7, 11) is -2.29. The average Bonchev–Trinajstić information content (AvgIpc) is 3.33. The Morgan fingerprint density at radius 1 is 1.18 bits per heavy atom. The second-order valence-corrected chi connectivity index (χ2v) is 9.70. The number of methoxy groups -OCH3 is 1. The minimum absolute atomic E-state index is 0.107. The van der Waals surface area contributed by atoms with Crippen LogP contribution in [0.4, 0.5) is 0 Å². The molecule has 0 radical (unpaired) electrons. The maximum absolute atomic E-state index is 12.8. The number of sulfonamides is 1. The fourth-order valence-corrected chi connectivity index (χ4v) is 5.27. The molecule has 33 heavy (non-hydrogen) atoms. The molecule has 176 valence electrons. The van der Waals surface area contributed by atoms with Gasteiger partial charge < -0.3 is 14.6 Å². The summed E-state index contributed by atoms with van der Waals surface area (Å²) in [6.07, 6.45) is 3.08. The van der Waals surface area contributed by atoms with E-state index >= 15 is 0 Å². The van der Waals surface area contributed by atoms with Crippen molar-refractivity contribution in [2.45, 2.75) is 49.0 Å². The van der Waals surface area contributed by atoms with Crippen molar-refractivity contribution >= 4 is 10.0 Å². The average molecular weight is 473 g/mol. The highest BCUT2D eigenvalue weighted by Gasteiger charge is 2.34. The predicted octanol–water partition coefficient (Wildman–Crippen LogP) is 2.23. The van der Waals surface area contributed by atoms with Crippen molar-refractivity contribution in [3.8, 4) is 17.0 Å². The van der Waals surface area contributed by atoms with Crippen LogP contribution in [-0.2, 0) is 21.3 Å². The monoisotopic (exact) mass is 472 g/mol. The Bertz CT molecular complexity index is 1150. The number of hydrogen-bond acceptors (Lipinski definition) is 7. The molecule has 1 fully saturated rings. The van der Waals surface area contributed by atoms with Gasteiger partial charge in [0.25, 0.3) is 0 Å². The van der Waals surface area contributed by atoms with Crippen LogP contribution < -0.4 is 9.46 Å². The molecular weight excluding hydrogens is 444 g/mol. The van der Waals surface area contributed by atoms with E-state index in [-0.39, 0.29) is 17.6 Å². The third-order valence-electron chi connectivity index (χ3n) is 5.74. The van der Waals surface area contributed by atoms with Gasteiger partial charge in [0.1, 0.15) is 11.4 Å². The lowest BCUT2D eigenvalue weighted by Crippen LogP contribution is -2.50. The van der Waals surface area contributed by atoms with Crippen molar-refractivity contribution in [3.63, 3.8) is 0 Å². The van der Waals surface area contributed by atoms with Crippen molar-refractivity contribution in [1.82, 2.24) is 19.7 Å². The van der Waals surface area contributed by atoms with E-state index in [1.165, 1.54) is 19.2 Å². The van der Waals surface area contributed by atoms with Crippen LogP contribution >= 0.6 is 0 Å². The van der Waals surface area contributed by atoms with Crippen LogP contribution in [0, 0.1) is 0 Å². The van der Waals surface area contributed by atoms with E-state index in [1.54, 1.807) is 16.8 Å². The van der Waals surface area contributed by atoms with Crippen molar-refractivity contribution in [2.24, 2.45) is 0 Å². The molecule has 9 nitrogen and oxygen atoms in total. The van der Waals surface area contributed by atoms with Gasteiger partial charge in [-0.2, -0.15) is 0 Å². The summed E-state index contributed by atoms with van der Waals surface area (Å²) in [5.74, 6) is 0.458. The summed E-state index contributed by atoms with van der Waals surface area (Å²) < 4.78 is 41.2. The molecule has 0 saturated carbocycles. The lowest BCUT2D eigenvalue weighted by molar-refractivity contribution is -0.0891. The highest BCUT2D eigenvalue weighted by atomic mass is 32.2. The van der Waals surface area contributed by atoms with Gasteiger partial charge in [-0.05, 0) is 31.4 Å². The lowest BCUT2D eigenvalue weighted by atomic mass is 9.98. The largest absolute Gasteiger partial charge is 0.497 e. The predicted molar refractivity (Wildman–Crippen MR) is 122 cm³/mol. The van der Waals surface area contributed by atoms with Crippen LogP contribution in [0.25, 0.3) is 11.3 Å². The molecule has 1 aliphatic heterocycles. The SMILES string of the molecule is COc1cccc(S(=O)(=O)N[C@H]2CC[C@@H](CCn3cc(-c4ccccc4)nn3)O[C@H]2CO)c1. The molecule has 4 rings (SSSR count). The van der Waals surface area contributed by atoms with E-state index in [9.17, 15) is 13.5 Å². The van der Waals surface area contributed by atoms with Gasteiger partial charge in [0.15, 0.2) is 0 Å². The third kappa shape index (κ3) is 5.77. The summed E-state index contributed by atoms with van der Waals surface area (Å²) in [4.78, 5) is 0.112. The Kier molecular flexibility index (Phi) is 7.39. The maximum Gasteiger partial charge on any atom is 0.241 e. The number of aryl methyl sites for hydroxylation is 1. The number of aliphatic hydroxyl groups excluding tert-OH is 1. The second-order valence-electron chi connectivity index (χ2n) is 7.98. The van der Waals surface area contributed by atoms with Crippen molar-refractivity contribution in [1.29, 1.82) is 0 Å². The van der Waals surface area contributed by atoms with E-state index in [1.807, 2.05) is 36.5 Å². The molecule has 2 heterocycles. The quantitative estimate of drug-likeness (QED) is 0.491. The fourth-order valence-electron chi connectivity index (χ4n) is 3.94. The van der Waals surface area contributed by atoms with Crippen LogP contribution in [0.3, 0.4) is 0 Å². The van der Waals surface area contributed by atoms with E-state index in [0.717, 1.165) is 11.3 Å². The minimum atomic E-state index is -3.78. The van der Waals surface area contributed by atoms with Crippen molar-refractivity contribution in [3.05, 3.63) is 60.8 Å². The first-order valence-corrected chi connectivity index (χ1v) is 12.3. The van der Waals surface area contributed by atoms with Gasteiger partial charge in [-0.3, -0.25) is 4.68 Å². The summed E-state index contributed by atoms with van der Waals surface area (Å²) >= 11 is 0. The number of aliphatic hydroxyl groups is 1. The highest BCUT2D eigenvalue weighted by Crippen LogP contribution is 2.25. The third-order valence-corrected chi connectivity index (χ3v) is 7.23. The number of aromatic nitrogens is 3. The van der Waals surface area contributed by atoms with Crippen molar-refractivity contribution < 1.29 is 23.0 Å². The van der Waals surface area contributed by atoms with Gasteiger partial charge in [-0.15, -0.1) is 5.10 Å². The topological polar surface area (TPSA) is 116 Å². The van der Waals surface area contributed by atoms with Gasteiger partial charge in [0.05, 0.1) is 43.1 Å². The normalized spacial score (nSPS) is 21.1. The number of rotatable bonds is 9. The molecule has 0 bridgehead atoms. The Balaban J connectivity index is 1.33. The van der Waals surface area contributed by atoms with Crippen LogP contribution in [0.15, 0.2) is 65.7 Å². The van der Waals surface area contributed by atoms with Crippen LogP contribution in [0.1, 0.15) is 19.3 Å². The van der Waals surface area contributed by atoms with Crippen LogP contribution in [0.5, 0.6) is 5.75 Å². The Morgan fingerprint density at radius 3 is 2.76 bits per heavy atom. The van der Waals surface area contributed by atoms with E-state index in [0.29, 0.717) is 31.6 Å². The zero-order valence-electron chi connectivity index (χ0n) is 18.4. The van der Waals surface area contributed by atoms with Gasteiger partial charge in [-0.25, -0.2) is 13.1 Å². The Hall–Kier alpha value is -2.79. The molecule has 1 aliphatic rings. The van der Waals surface area contributed by atoms with Crippen molar-refractivity contribution in [2.75, 3.05) is 13.7 Å². The second kappa shape index (κ2) is 10.4. The van der Waals surface area contributed by atoms with E-state index in [4.69, 9.17) is 9.47 Å². The standard InChI is InChI=1S/C23H28N4O5S/c1-31-19-8-5-9-20(14-19)33(29,30)25-21-11-10-18(32-23(21)16-28)12-13-27-15-22(24-26-27)17-6-3-2-4-7-17/h2-9,14-15,18,21,23,25,28H,10-13,16H2,1H3/t18-,21-,23-/m0/s1. The first-order valence-electron chi connectivity index (χ1n) is 10.9. The molecule has 3 aromatic rings. The molecule has 1 aromatic heterocycles. The molecule has 3 atom stereocenters. The van der Waals surface area contributed by atoms with Crippen LogP contribution in [0.2, 0.25) is 0 Å². The summed E-state index contributed by atoms with van der Waals surface area (Å²) in [6.45, 7) is 0.339. The zero-order valence-corrected chi connectivity index (χ0v) is 19.2. The minimum Gasteiger partial charge on any atom is -0.497 e. The van der Waals surface area contributed by atoms with E-state index in [2.05, 4.69) is 15.0 Å². The summed E-state index contributed by atoms with van der Waals surface area (Å²) in [5, 5.41) is 18.2. The molecular formula is C23H28N4O5S. The molecule has 0 aliphatic carbocycles. The molecule has 0 amide bonds. The molecule has 2 aromatic carbocycles. The Morgan fingerprint density at radius 2 is 2.00 bits per heavy atom. The highest BCUT2D eigenvalue weighted by molar-refractivity contribution is 7.89. The number of nitrogens with zero attached hydrogens (tertiary/aromatic N) is 3. The summed E-state index contributed by atoms with van der Waals surface area (Å²) in [6, 6.07) is 15.6. The van der Waals surface area contributed by atoms with E-state index < -0.39 is 22.2 Å². The molecule has 2 N–H and O–H groups in total. The van der Waals surface area contributed by atoms with Gasteiger partial charge in [0.2, 0.25) is 10.0 Å². The smallest absolute Gasteiger partial charge is 0.241 e.